The van der Waals surface area contributed by atoms with Crippen LogP contribution in [-0.2, 0) is 17.5 Å². The van der Waals surface area contributed by atoms with E-state index in [-0.39, 0.29) is 19.6 Å². The van der Waals surface area contributed by atoms with Gasteiger partial charge in [-0.05, 0) is 0 Å². The van der Waals surface area contributed by atoms with Crippen LogP contribution in [0.25, 0.3) is 0 Å². The number of hydrogen-bond acceptors (Lipinski definition) is 3. The fraction of sp³-hybridized carbons (Fsp3) is 0.500. The minimum Gasteiger partial charge on any atom is -0.353 e. The van der Waals surface area contributed by atoms with E-state index in [1.54, 1.807) is 0 Å². The zero-order chi connectivity index (χ0) is 12.2. The lowest BCUT2D eigenvalue weighted by atomic mass is 10.4. The molecule has 1 amide bonds. The van der Waals surface area contributed by atoms with Crippen molar-refractivity contribution in [1.82, 2.24) is 15.1 Å². The first-order chi connectivity index (χ1) is 7.43. The molecule has 0 saturated carbocycles. The van der Waals surface area contributed by atoms with Crippen molar-refractivity contribution in [1.29, 1.82) is 0 Å². The molecule has 1 rings (SSSR count). The molecule has 8 heteroatoms. The van der Waals surface area contributed by atoms with Gasteiger partial charge in [-0.1, -0.05) is 0 Å². The Bertz CT molecular complexity index is 360. The number of nitrogens with two attached hydrogens (primary N) is 1. The zero-order valence-electron chi connectivity index (χ0n) is 8.29. The Morgan fingerprint density at radius 3 is 2.75 bits per heavy atom. The molecule has 0 radical (unpaired) electrons. The molecular weight excluding hydrogens is 225 g/mol. The number of nitrogens with zero attached hydrogens (tertiary/aromatic N) is 2. The summed E-state index contributed by atoms with van der Waals surface area (Å²) in [4.78, 5) is 11.1. The summed E-state index contributed by atoms with van der Waals surface area (Å²) in [6.07, 6.45) is -2.98. The van der Waals surface area contributed by atoms with Gasteiger partial charge >= 0.3 is 6.18 Å². The Hall–Kier alpha value is -1.57. The summed E-state index contributed by atoms with van der Waals surface area (Å²) < 4.78 is 37.4. The van der Waals surface area contributed by atoms with Crippen LogP contribution in [-0.4, -0.2) is 28.8 Å². The van der Waals surface area contributed by atoms with Crippen LogP contribution in [0.3, 0.4) is 0 Å². The van der Waals surface area contributed by atoms with Crippen LogP contribution in [0.1, 0.15) is 5.56 Å². The summed E-state index contributed by atoms with van der Waals surface area (Å²) in [6.45, 7) is 0.307. The predicted molar refractivity (Wildman–Crippen MR) is 49.3 cm³/mol. The average molecular weight is 236 g/mol. The third-order valence-corrected chi connectivity index (χ3v) is 1.73. The normalized spacial score (nSPS) is 11.5. The maximum absolute atomic E-state index is 12.2. The lowest BCUT2D eigenvalue weighted by Gasteiger charge is -2.03. The highest BCUT2D eigenvalue weighted by molar-refractivity contribution is 5.75. The van der Waals surface area contributed by atoms with Gasteiger partial charge in [-0.2, -0.15) is 18.3 Å². The zero-order valence-corrected chi connectivity index (χ0v) is 8.29. The Morgan fingerprint density at radius 2 is 2.25 bits per heavy atom. The summed E-state index contributed by atoms with van der Waals surface area (Å²) in [5.74, 6) is -0.428. The van der Waals surface area contributed by atoms with E-state index in [2.05, 4.69) is 10.4 Å². The van der Waals surface area contributed by atoms with Gasteiger partial charge in [-0.25, -0.2) is 0 Å². The quantitative estimate of drug-likeness (QED) is 0.771. The van der Waals surface area contributed by atoms with Crippen LogP contribution >= 0.6 is 0 Å². The fourth-order valence-electron chi connectivity index (χ4n) is 1.01. The van der Waals surface area contributed by atoms with Crippen molar-refractivity contribution < 1.29 is 18.0 Å². The molecule has 0 aromatic carbocycles. The van der Waals surface area contributed by atoms with Crippen LogP contribution in [0.4, 0.5) is 13.2 Å². The van der Waals surface area contributed by atoms with Gasteiger partial charge < -0.3 is 11.1 Å². The summed E-state index contributed by atoms with van der Waals surface area (Å²) >= 11 is 0. The van der Waals surface area contributed by atoms with Gasteiger partial charge in [0.15, 0.2) is 0 Å². The van der Waals surface area contributed by atoms with Crippen LogP contribution < -0.4 is 11.1 Å². The van der Waals surface area contributed by atoms with Gasteiger partial charge in [0, 0.05) is 19.3 Å². The van der Waals surface area contributed by atoms with Crippen molar-refractivity contribution in [3.8, 4) is 0 Å². The monoisotopic (exact) mass is 236 g/mol. The number of aromatic nitrogens is 2. The Kier molecular flexibility index (Phi) is 3.88. The molecule has 90 valence electrons. The molecule has 0 saturated heterocycles. The molecule has 1 heterocycles. The van der Waals surface area contributed by atoms with Gasteiger partial charge in [0.2, 0.25) is 5.91 Å². The van der Waals surface area contributed by atoms with E-state index in [1.807, 2.05) is 0 Å². The molecule has 1 aromatic rings. The van der Waals surface area contributed by atoms with Crippen molar-refractivity contribution in [2.24, 2.45) is 5.73 Å². The molecule has 0 spiro atoms. The molecule has 16 heavy (non-hydrogen) atoms. The molecule has 0 aliphatic heterocycles. The van der Waals surface area contributed by atoms with E-state index in [9.17, 15) is 18.0 Å². The number of rotatable bonds is 4. The lowest BCUT2D eigenvalue weighted by molar-refractivity contribution is -0.137. The second-order valence-electron chi connectivity index (χ2n) is 3.06. The third kappa shape index (κ3) is 3.54. The van der Waals surface area contributed by atoms with E-state index < -0.39 is 17.6 Å². The number of nitrogens with one attached hydrogen (secondary N) is 1. The second-order valence-corrected chi connectivity index (χ2v) is 3.06. The Balaban J connectivity index is 2.56. The SMILES string of the molecule is NCCNC(=O)Cn1cc(C(F)(F)F)cn1. The molecule has 0 unspecified atom stereocenters. The molecule has 0 aliphatic rings. The number of carbonyl (C=O) groups excluding carboxylic acids is 1. The summed E-state index contributed by atoms with van der Waals surface area (Å²) in [6, 6.07) is 0. The van der Waals surface area contributed by atoms with E-state index in [4.69, 9.17) is 5.73 Å². The minimum atomic E-state index is -4.44. The van der Waals surface area contributed by atoms with Crippen molar-refractivity contribution in [2.75, 3.05) is 13.1 Å². The number of alkyl halides is 3. The van der Waals surface area contributed by atoms with E-state index >= 15 is 0 Å². The first-order valence-electron chi connectivity index (χ1n) is 4.50. The first kappa shape index (κ1) is 12.5. The number of hydrogen-bond donors (Lipinski definition) is 2. The summed E-state index contributed by atoms with van der Waals surface area (Å²) in [5, 5.41) is 5.86. The van der Waals surface area contributed by atoms with Gasteiger partial charge in [0.05, 0.1) is 11.8 Å². The molecule has 0 aliphatic carbocycles. The molecule has 0 bridgehead atoms. The largest absolute Gasteiger partial charge is 0.419 e. The van der Waals surface area contributed by atoms with Gasteiger partial charge in [0.25, 0.3) is 0 Å². The van der Waals surface area contributed by atoms with E-state index in [0.29, 0.717) is 6.20 Å². The van der Waals surface area contributed by atoms with Crippen LogP contribution in [0.5, 0.6) is 0 Å². The highest BCUT2D eigenvalue weighted by atomic mass is 19.4. The second kappa shape index (κ2) is 4.97. The molecule has 0 fully saturated rings. The molecule has 5 nitrogen and oxygen atoms in total. The average Bonchev–Trinajstić information content (AvgIpc) is 2.62. The van der Waals surface area contributed by atoms with Crippen molar-refractivity contribution in [3.63, 3.8) is 0 Å². The lowest BCUT2D eigenvalue weighted by Crippen LogP contribution is -2.32. The Morgan fingerprint density at radius 1 is 1.56 bits per heavy atom. The highest BCUT2D eigenvalue weighted by Gasteiger charge is 2.32. The maximum Gasteiger partial charge on any atom is 0.419 e. The molecule has 1 aromatic heterocycles. The van der Waals surface area contributed by atoms with Crippen molar-refractivity contribution >= 4 is 5.91 Å². The van der Waals surface area contributed by atoms with Gasteiger partial charge in [0.1, 0.15) is 6.54 Å². The first-order valence-corrected chi connectivity index (χ1v) is 4.50. The predicted octanol–water partition coefficient (Wildman–Crippen LogP) is -0.0232. The number of halogens is 3. The van der Waals surface area contributed by atoms with Crippen molar-refractivity contribution in [3.05, 3.63) is 18.0 Å². The standard InChI is InChI=1S/C8H11F3N4O/c9-8(10,11)6-3-14-15(4-6)5-7(16)13-2-1-12/h3-4H,1-2,5,12H2,(H,13,16). The maximum atomic E-state index is 12.2. The van der Waals surface area contributed by atoms with Crippen LogP contribution in [0.2, 0.25) is 0 Å². The highest BCUT2D eigenvalue weighted by Crippen LogP contribution is 2.28. The van der Waals surface area contributed by atoms with E-state index in [1.165, 1.54) is 0 Å². The minimum absolute atomic E-state index is 0.254. The van der Waals surface area contributed by atoms with Gasteiger partial charge in [-0.15, -0.1) is 0 Å². The smallest absolute Gasteiger partial charge is 0.353 e. The van der Waals surface area contributed by atoms with E-state index in [0.717, 1.165) is 10.9 Å². The number of amides is 1. The topological polar surface area (TPSA) is 72.9 Å². The summed E-state index contributed by atoms with van der Waals surface area (Å²) in [5.41, 5.74) is 4.27. The molecule has 0 atom stereocenters. The van der Waals surface area contributed by atoms with Gasteiger partial charge in [-0.3, -0.25) is 9.48 Å². The fourth-order valence-corrected chi connectivity index (χ4v) is 1.01. The molecule has 3 N–H and O–H groups in total. The Labute approximate surface area is 89.4 Å². The summed E-state index contributed by atoms with van der Waals surface area (Å²) in [7, 11) is 0. The van der Waals surface area contributed by atoms with Crippen LogP contribution in [0, 0.1) is 0 Å². The van der Waals surface area contributed by atoms with Crippen molar-refractivity contribution in [2.45, 2.75) is 12.7 Å². The third-order valence-electron chi connectivity index (χ3n) is 1.73. The molecular formula is C8H11F3N4O. The number of carbonyl (C=O) groups is 1. The van der Waals surface area contributed by atoms with Crippen LogP contribution in [0.15, 0.2) is 12.4 Å².